The van der Waals surface area contributed by atoms with Gasteiger partial charge in [0.15, 0.2) is 0 Å². The van der Waals surface area contributed by atoms with Gasteiger partial charge >= 0.3 is 0 Å². The minimum atomic E-state index is 0.462. The predicted octanol–water partition coefficient (Wildman–Crippen LogP) is 3.67. The van der Waals surface area contributed by atoms with Crippen molar-refractivity contribution in [3.05, 3.63) is 59.7 Å². The van der Waals surface area contributed by atoms with E-state index in [4.69, 9.17) is 14.2 Å². The van der Waals surface area contributed by atoms with Gasteiger partial charge in [0.25, 0.3) is 0 Å². The highest BCUT2D eigenvalue weighted by Gasteiger charge is 2.24. The molecule has 0 unspecified atom stereocenters. The minimum absolute atomic E-state index is 0.462. The van der Waals surface area contributed by atoms with Crippen molar-refractivity contribution in [1.29, 1.82) is 0 Å². The summed E-state index contributed by atoms with van der Waals surface area (Å²) in [6.07, 6.45) is 4.97. The number of rotatable bonds is 0. The molecule has 1 aliphatic heterocycles. The molecular weight excluding hydrogens is 364 g/mol. The van der Waals surface area contributed by atoms with Gasteiger partial charge in [-0.1, -0.05) is 49.2 Å². The van der Waals surface area contributed by atoms with Gasteiger partial charge in [-0.25, -0.2) is 0 Å². The summed E-state index contributed by atoms with van der Waals surface area (Å²) in [5.74, 6) is 1.88. The highest BCUT2D eigenvalue weighted by molar-refractivity contribution is 5.34. The standard InChI is InChI=1S/C24H32N2O3/c1-5-11-23-19(7-1)17-25-21-9-3-4-10-22(21)26-18-20-8-2-6-12-24(20)29-16-14-27-13-15-28-23/h1-2,5-8,11-12,21-22,25-26H,3-4,9-10,13-18H2/t21-,22-/m1/s1. The molecule has 1 heterocycles. The first-order valence-electron chi connectivity index (χ1n) is 10.9. The molecule has 2 aromatic rings. The van der Waals surface area contributed by atoms with Gasteiger partial charge in [0.1, 0.15) is 24.7 Å². The minimum Gasteiger partial charge on any atom is -0.491 e. The van der Waals surface area contributed by atoms with Gasteiger partial charge in [-0.3, -0.25) is 0 Å². The monoisotopic (exact) mass is 396 g/mol. The molecule has 1 saturated carbocycles. The van der Waals surface area contributed by atoms with Crippen molar-refractivity contribution in [2.75, 3.05) is 26.4 Å². The molecule has 5 nitrogen and oxygen atoms in total. The topological polar surface area (TPSA) is 51.8 Å². The third kappa shape index (κ3) is 5.72. The maximum Gasteiger partial charge on any atom is 0.123 e. The molecule has 0 amide bonds. The van der Waals surface area contributed by atoms with Crippen LogP contribution in [0.3, 0.4) is 0 Å². The highest BCUT2D eigenvalue weighted by atomic mass is 16.5. The highest BCUT2D eigenvalue weighted by Crippen LogP contribution is 2.23. The van der Waals surface area contributed by atoms with E-state index in [0.29, 0.717) is 38.5 Å². The second-order valence-electron chi connectivity index (χ2n) is 7.78. The number of hydrogen-bond donors (Lipinski definition) is 2. The van der Waals surface area contributed by atoms with Crippen LogP contribution in [0.25, 0.3) is 0 Å². The Balaban J connectivity index is 1.49. The van der Waals surface area contributed by atoms with Crippen LogP contribution >= 0.6 is 0 Å². The molecule has 2 N–H and O–H groups in total. The van der Waals surface area contributed by atoms with Crippen molar-refractivity contribution in [2.24, 2.45) is 0 Å². The number of ether oxygens (including phenoxy) is 3. The lowest BCUT2D eigenvalue weighted by Crippen LogP contribution is -2.49. The van der Waals surface area contributed by atoms with Crippen LogP contribution in [0.1, 0.15) is 36.8 Å². The third-order valence-corrected chi connectivity index (χ3v) is 5.79. The Morgan fingerprint density at radius 2 is 1.10 bits per heavy atom. The van der Waals surface area contributed by atoms with Gasteiger partial charge in [0.05, 0.1) is 13.2 Å². The van der Waals surface area contributed by atoms with E-state index in [9.17, 15) is 0 Å². The molecule has 0 saturated heterocycles. The second kappa shape index (κ2) is 10.6. The molecule has 2 atom stereocenters. The number of nitrogens with one attached hydrogen (secondary N) is 2. The van der Waals surface area contributed by atoms with E-state index in [1.54, 1.807) is 0 Å². The van der Waals surface area contributed by atoms with Crippen LogP contribution in [0.15, 0.2) is 48.5 Å². The Morgan fingerprint density at radius 3 is 1.62 bits per heavy atom. The number of para-hydroxylation sites is 2. The lowest BCUT2D eigenvalue weighted by atomic mass is 9.90. The van der Waals surface area contributed by atoms with Crippen molar-refractivity contribution in [2.45, 2.75) is 50.9 Å². The zero-order chi connectivity index (χ0) is 19.7. The molecule has 2 aliphatic rings. The van der Waals surface area contributed by atoms with Crippen LogP contribution in [-0.4, -0.2) is 38.5 Å². The lowest BCUT2D eigenvalue weighted by molar-refractivity contribution is 0.0759. The Labute approximate surface area is 173 Å². The summed E-state index contributed by atoms with van der Waals surface area (Å²) in [5, 5.41) is 7.58. The van der Waals surface area contributed by atoms with Crippen LogP contribution in [0.5, 0.6) is 11.5 Å². The first-order chi connectivity index (χ1) is 14.4. The SMILES string of the molecule is c1ccc2c(c1)CN[C@@H]1CCCC[C@H]1NCc1ccccc1OCCOCCO2. The largest absolute Gasteiger partial charge is 0.491 e. The average Bonchev–Trinajstić information content (AvgIpc) is 2.77. The number of hydrogen-bond acceptors (Lipinski definition) is 5. The molecule has 1 fully saturated rings. The Morgan fingerprint density at radius 1 is 0.621 bits per heavy atom. The van der Waals surface area contributed by atoms with E-state index < -0.39 is 0 Å². The van der Waals surface area contributed by atoms with E-state index in [0.717, 1.165) is 24.6 Å². The molecule has 5 heteroatoms. The summed E-state index contributed by atoms with van der Waals surface area (Å²) in [6, 6.07) is 17.5. The molecular formula is C24H32N2O3. The van der Waals surface area contributed by atoms with E-state index in [2.05, 4.69) is 34.9 Å². The summed E-state index contributed by atoms with van der Waals surface area (Å²) < 4.78 is 17.7. The van der Waals surface area contributed by atoms with Crippen LogP contribution in [0.4, 0.5) is 0 Å². The van der Waals surface area contributed by atoms with E-state index in [-0.39, 0.29) is 0 Å². The lowest BCUT2D eigenvalue weighted by Gasteiger charge is -2.33. The van der Waals surface area contributed by atoms with Crippen molar-refractivity contribution in [3.63, 3.8) is 0 Å². The van der Waals surface area contributed by atoms with Gasteiger partial charge in [0.2, 0.25) is 0 Å². The summed E-state index contributed by atoms with van der Waals surface area (Å²) in [5.41, 5.74) is 2.41. The van der Waals surface area contributed by atoms with Crippen LogP contribution < -0.4 is 20.1 Å². The maximum atomic E-state index is 5.98. The molecule has 156 valence electrons. The zero-order valence-electron chi connectivity index (χ0n) is 17.1. The normalized spacial score (nSPS) is 24.0. The van der Waals surface area contributed by atoms with Crippen molar-refractivity contribution in [3.8, 4) is 11.5 Å². The van der Waals surface area contributed by atoms with E-state index in [1.165, 1.54) is 36.8 Å². The summed E-state index contributed by atoms with van der Waals surface area (Å²) in [7, 11) is 0. The van der Waals surface area contributed by atoms with Gasteiger partial charge in [-0.05, 0) is 25.0 Å². The molecule has 4 rings (SSSR count). The summed E-state index contributed by atoms with van der Waals surface area (Å²) in [4.78, 5) is 0. The van der Waals surface area contributed by atoms with E-state index in [1.807, 2.05) is 24.3 Å². The Hall–Kier alpha value is -2.08. The molecule has 0 bridgehead atoms. The van der Waals surface area contributed by atoms with Crippen LogP contribution in [0, 0.1) is 0 Å². The second-order valence-corrected chi connectivity index (χ2v) is 7.78. The van der Waals surface area contributed by atoms with Crippen LogP contribution in [-0.2, 0) is 17.8 Å². The quantitative estimate of drug-likeness (QED) is 0.712. The van der Waals surface area contributed by atoms with Crippen molar-refractivity contribution < 1.29 is 14.2 Å². The van der Waals surface area contributed by atoms with Gasteiger partial charge in [-0.15, -0.1) is 0 Å². The number of fused-ring (bicyclic) bond motifs is 3. The third-order valence-electron chi connectivity index (χ3n) is 5.79. The maximum absolute atomic E-state index is 5.98. The predicted molar refractivity (Wildman–Crippen MR) is 114 cm³/mol. The average molecular weight is 397 g/mol. The summed E-state index contributed by atoms with van der Waals surface area (Å²) >= 11 is 0. The van der Waals surface area contributed by atoms with Crippen LogP contribution in [0.2, 0.25) is 0 Å². The smallest absolute Gasteiger partial charge is 0.123 e. The zero-order valence-corrected chi connectivity index (χ0v) is 17.1. The fourth-order valence-corrected chi connectivity index (χ4v) is 4.21. The molecule has 0 spiro atoms. The van der Waals surface area contributed by atoms with E-state index >= 15 is 0 Å². The molecule has 2 aromatic carbocycles. The van der Waals surface area contributed by atoms with Gasteiger partial charge in [-0.2, -0.15) is 0 Å². The number of benzene rings is 2. The summed E-state index contributed by atoms with van der Waals surface area (Å²) in [6.45, 7) is 3.83. The Kier molecular flexibility index (Phi) is 7.40. The van der Waals surface area contributed by atoms with Gasteiger partial charge < -0.3 is 24.8 Å². The first-order valence-corrected chi connectivity index (χ1v) is 10.9. The Bertz CT molecular complexity index is 704. The first kappa shape index (κ1) is 20.2. The van der Waals surface area contributed by atoms with Gasteiger partial charge in [0, 0.05) is 36.3 Å². The fourth-order valence-electron chi connectivity index (χ4n) is 4.21. The molecule has 29 heavy (non-hydrogen) atoms. The fraction of sp³-hybridized carbons (Fsp3) is 0.500. The van der Waals surface area contributed by atoms with Crippen molar-refractivity contribution in [1.82, 2.24) is 10.6 Å². The van der Waals surface area contributed by atoms with Crippen molar-refractivity contribution >= 4 is 0 Å². The molecule has 0 radical (unpaired) electrons. The molecule has 0 aromatic heterocycles. The molecule has 1 aliphatic carbocycles.